The highest BCUT2D eigenvalue weighted by Gasteiger charge is 2.29. The zero-order valence-electron chi connectivity index (χ0n) is 13.0. The van der Waals surface area contributed by atoms with E-state index >= 15 is 0 Å². The Hall–Kier alpha value is -2.82. The van der Waals surface area contributed by atoms with Crippen LogP contribution in [0.1, 0.15) is 25.3 Å². The van der Waals surface area contributed by atoms with Crippen molar-refractivity contribution in [2.45, 2.75) is 19.8 Å². The molecule has 3 N–H and O–H groups in total. The van der Waals surface area contributed by atoms with Gasteiger partial charge in [0.15, 0.2) is 0 Å². The molecule has 0 atom stereocenters. The summed E-state index contributed by atoms with van der Waals surface area (Å²) < 4.78 is 0. The van der Waals surface area contributed by atoms with Gasteiger partial charge in [-0.05, 0) is 38.0 Å². The van der Waals surface area contributed by atoms with Crippen molar-refractivity contribution in [3.8, 4) is 0 Å². The molecule has 2 aromatic rings. The Labute approximate surface area is 134 Å². The molecule has 23 heavy (non-hydrogen) atoms. The van der Waals surface area contributed by atoms with Crippen LogP contribution in [0.3, 0.4) is 0 Å². The first-order chi connectivity index (χ1) is 11.1. The van der Waals surface area contributed by atoms with Crippen molar-refractivity contribution in [2.75, 3.05) is 5.32 Å². The fraction of sp³-hybridized carbons (Fsp3) is 0.222. The van der Waals surface area contributed by atoms with Crippen LogP contribution in [0, 0.1) is 5.92 Å². The van der Waals surface area contributed by atoms with Crippen molar-refractivity contribution >= 4 is 28.3 Å². The Morgan fingerprint density at radius 2 is 2.26 bits per heavy atom. The SMILES string of the molecule is C=C/C=C(\C(O)=C/C)c1c[nH]c2nc(NC(=O)C3CC3)ccc12. The monoisotopic (exact) mass is 309 g/mol. The van der Waals surface area contributed by atoms with Gasteiger partial charge in [-0.2, -0.15) is 0 Å². The summed E-state index contributed by atoms with van der Waals surface area (Å²) in [6.07, 6.45) is 8.72. The van der Waals surface area contributed by atoms with E-state index in [4.69, 9.17) is 0 Å². The van der Waals surface area contributed by atoms with Gasteiger partial charge >= 0.3 is 0 Å². The predicted molar refractivity (Wildman–Crippen MR) is 92.0 cm³/mol. The quantitative estimate of drug-likeness (QED) is 0.578. The lowest BCUT2D eigenvalue weighted by atomic mass is 10.0. The molecule has 1 fully saturated rings. The van der Waals surface area contributed by atoms with Gasteiger partial charge in [-0.1, -0.05) is 18.7 Å². The summed E-state index contributed by atoms with van der Waals surface area (Å²) in [7, 11) is 0. The van der Waals surface area contributed by atoms with Crippen LogP contribution in [0.15, 0.2) is 48.9 Å². The summed E-state index contributed by atoms with van der Waals surface area (Å²) in [5, 5.41) is 13.8. The van der Waals surface area contributed by atoms with Crippen LogP contribution in [0.5, 0.6) is 0 Å². The maximum Gasteiger partial charge on any atom is 0.228 e. The number of allylic oxidation sites excluding steroid dienone is 4. The number of nitrogens with zero attached hydrogens (tertiary/aromatic N) is 1. The van der Waals surface area contributed by atoms with E-state index in [1.165, 1.54) is 0 Å². The summed E-state index contributed by atoms with van der Waals surface area (Å²) in [5.74, 6) is 0.882. The number of hydrogen-bond donors (Lipinski definition) is 3. The zero-order valence-corrected chi connectivity index (χ0v) is 13.0. The third-order valence-corrected chi connectivity index (χ3v) is 3.86. The third kappa shape index (κ3) is 3.04. The molecule has 0 unspecified atom stereocenters. The molecule has 0 saturated heterocycles. The number of anilines is 1. The second-order valence-corrected chi connectivity index (χ2v) is 5.55. The van der Waals surface area contributed by atoms with E-state index in [0.29, 0.717) is 17.0 Å². The van der Waals surface area contributed by atoms with E-state index < -0.39 is 0 Å². The van der Waals surface area contributed by atoms with E-state index in [0.717, 1.165) is 23.8 Å². The fourth-order valence-electron chi connectivity index (χ4n) is 2.46. The van der Waals surface area contributed by atoms with E-state index in [2.05, 4.69) is 21.9 Å². The number of fused-ring (bicyclic) bond motifs is 1. The number of aromatic nitrogens is 2. The molecular weight excluding hydrogens is 290 g/mol. The highest BCUT2D eigenvalue weighted by Crippen LogP contribution is 2.31. The molecule has 0 aromatic carbocycles. The second-order valence-electron chi connectivity index (χ2n) is 5.55. The zero-order chi connectivity index (χ0) is 16.4. The average Bonchev–Trinajstić information content (AvgIpc) is 3.33. The highest BCUT2D eigenvalue weighted by atomic mass is 16.3. The van der Waals surface area contributed by atoms with Gasteiger partial charge in [0.05, 0.1) is 0 Å². The molecule has 5 nitrogen and oxygen atoms in total. The number of aliphatic hydroxyl groups is 1. The van der Waals surface area contributed by atoms with Crippen LogP contribution in [-0.2, 0) is 4.79 Å². The Bertz CT molecular complexity index is 826. The number of hydrogen-bond acceptors (Lipinski definition) is 3. The fourth-order valence-corrected chi connectivity index (χ4v) is 2.46. The molecule has 0 spiro atoms. The standard InChI is InChI=1S/C18H19N3O2/c1-3-5-12(15(22)4-2)14-10-19-17-13(14)8-9-16(20-17)21-18(23)11-6-7-11/h3-5,8-11,22H,1,6-7H2,2H3,(H2,19,20,21,23)/b12-5-,15-4+. The number of rotatable bonds is 5. The number of H-pyrrole nitrogens is 1. The number of carbonyl (C=O) groups is 1. The summed E-state index contributed by atoms with van der Waals surface area (Å²) in [5.41, 5.74) is 2.17. The van der Waals surface area contributed by atoms with Gasteiger partial charge in [0.1, 0.15) is 17.2 Å². The van der Waals surface area contributed by atoms with E-state index in [-0.39, 0.29) is 17.6 Å². The average molecular weight is 309 g/mol. The van der Waals surface area contributed by atoms with Crippen molar-refractivity contribution in [3.05, 3.63) is 54.5 Å². The molecular formula is C18H19N3O2. The maximum absolute atomic E-state index is 11.8. The first kappa shape index (κ1) is 15.1. The Kier molecular flexibility index (Phi) is 4.02. The Balaban J connectivity index is 1.96. The third-order valence-electron chi connectivity index (χ3n) is 3.86. The summed E-state index contributed by atoms with van der Waals surface area (Å²) in [6, 6.07) is 3.66. The van der Waals surface area contributed by atoms with Gasteiger partial charge in [-0.15, -0.1) is 0 Å². The summed E-state index contributed by atoms with van der Waals surface area (Å²) >= 11 is 0. The topological polar surface area (TPSA) is 78.0 Å². The van der Waals surface area contributed by atoms with Crippen molar-refractivity contribution in [3.63, 3.8) is 0 Å². The van der Waals surface area contributed by atoms with Crippen molar-refractivity contribution in [2.24, 2.45) is 5.92 Å². The van der Waals surface area contributed by atoms with Crippen LogP contribution < -0.4 is 5.32 Å². The van der Waals surface area contributed by atoms with Crippen LogP contribution in [0.25, 0.3) is 16.6 Å². The number of pyridine rings is 1. The predicted octanol–water partition coefficient (Wildman–Crippen LogP) is 3.94. The molecule has 0 aliphatic heterocycles. The van der Waals surface area contributed by atoms with Gasteiger partial charge in [-0.25, -0.2) is 4.98 Å². The smallest absolute Gasteiger partial charge is 0.228 e. The molecule has 0 radical (unpaired) electrons. The molecule has 1 aliphatic carbocycles. The maximum atomic E-state index is 11.8. The summed E-state index contributed by atoms with van der Waals surface area (Å²) in [6.45, 7) is 5.46. The lowest BCUT2D eigenvalue weighted by Gasteiger charge is -2.06. The van der Waals surface area contributed by atoms with Gasteiger partial charge in [0.25, 0.3) is 0 Å². The second kappa shape index (κ2) is 6.12. The van der Waals surface area contributed by atoms with Crippen LogP contribution in [0.4, 0.5) is 5.82 Å². The number of nitrogens with one attached hydrogen (secondary N) is 2. The van der Waals surface area contributed by atoms with E-state index in [1.54, 1.807) is 37.4 Å². The largest absolute Gasteiger partial charge is 0.508 e. The number of aliphatic hydroxyl groups excluding tert-OH is 1. The molecule has 1 saturated carbocycles. The van der Waals surface area contributed by atoms with Crippen LogP contribution in [0.2, 0.25) is 0 Å². The molecule has 2 aromatic heterocycles. The van der Waals surface area contributed by atoms with Gasteiger partial charge < -0.3 is 15.4 Å². The number of aromatic amines is 1. The minimum absolute atomic E-state index is 0.0300. The first-order valence-corrected chi connectivity index (χ1v) is 7.61. The van der Waals surface area contributed by atoms with Crippen LogP contribution in [-0.4, -0.2) is 21.0 Å². The lowest BCUT2D eigenvalue weighted by molar-refractivity contribution is -0.117. The molecule has 3 rings (SSSR count). The van der Waals surface area contributed by atoms with Gasteiger partial charge in [0, 0.05) is 28.6 Å². The van der Waals surface area contributed by atoms with Crippen molar-refractivity contribution < 1.29 is 9.90 Å². The normalized spacial score (nSPS) is 15.7. The summed E-state index contributed by atoms with van der Waals surface area (Å²) in [4.78, 5) is 19.3. The molecule has 118 valence electrons. The van der Waals surface area contributed by atoms with E-state index in [1.807, 2.05) is 6.07 Å². The number of carbonyl (C=O) groups excluding carboxylic acids is 1. The van der Waals surface area contributed by atoms with Crippen molar-refractivity contribution in [1.29, 1.82) is 0 Å². The molecule has 0 bridgehead atoms. The van der Waals surface area contributed by atoms with E-state index in [9.17, 15) is 9.90 Å². The van der Waals surface area contributed by atoms with Crippen molar-refractivity contribution in [1.82, 2.24) is 9.97 Å². The Morgan fingerprint density at radius 3 is 2.91 bits per heavy atom. The first-order valence-electron chi connectivity index (χ1n) is 7.61. The van der Waals surface area contributed by atoms with Crippen LogP contribution >= 0.6 is 0 Å². The Morgan fingerprint density at radius 1 is 1.48 bits per heavy atom. The van der Waals surface area contributed by atoms with Gasteiger partial charge in [0.2, 0.25) is 5.91 Å². The molecule has 1 amide bonds. The number of amides is 1. The lowest BCUT2D eigenvalue weighted by Crippen LogP contribution is -2.14. The minimum Gasteiger partial charge on any atom is -0.508 e. The minimum atomic E-state index is 0.0300. The molecule has 5 heteroatoms. The highest BCUT2D eigenvalue weighted by molar-refractivity contribution is 5.97. The molecule has 2 heterocycles. The van der Waals surface area contributed by atoms with Gasteiger partial charge in [-0.3, -0.25) is 4.79 Å². The molecule has 1 aliphatic rings.